The van der Waals surface area contributed by atoms with E-state index in [0.29, 0.717) is 0 Å². The summed E-state index contributed by atoms with van der Waals surface area (Å²) in [6.07, 6.45) is 0. The molecule has 0 radical (unpaired) electrons. The Morgan fingerprint density at radius 1 is 0.739 bits per heavy atom. The van der Waals surface area contributed by atoms with Gasteiger partial charge in [-0.3, -0.25) is 0 Å². The third kappa shape index (κ3) is 3.66. The number of rotatable bonds is 3. The van der Waals surface area contributed by atoms with E-state index in [0.717, 1.165) is 37.6 Å². The molecule has 1 aliphatic rings. The number of nitrogens with zero attached hydrogens (tertiary/aromatic N) is 3. The Balaban J connectivity index is 1.62. The topological polar surface area (TPSA) is 96.9 Å². The summed E-state index contributed by atoms with van der Waals surface area (Å²) in [6, 6.07) is 16.0. The van der Waals surface area contributed by atoms with Gasteiger partial charge < -0.3 is 27.0 Å². The van der Waals surface area contributed by atoms with Gasteiger partial charge in [-0.15, -0.1) is 0 Å². The summed E-state index contributed by atoms with van der Waals surface area (Å²) in [6.45, 7) is 3.93. The van der Waals surface area contributed by atoms with Crippen LogP contribution in [0.5, 0.6) is 0 Å². The van der Waals surface area contributed by atoms with Crippen LogP contribution >= 0.6 is 0 Å². The Hall–Kier alpha value is -2.89. The van der Waals surface area contributed by atoms with Crippen LogP contribution in [0.15, 0.2) is 53.5 Å². The van der Waals surface area contributed by atoms with Crippen molar-refractivity contribution in [2.75, 3.05) is 41.7 Å². The average Bonchev–Trinajstić information content (AvgIpc) is 2.56. The van der Waals surface area contributed by atoms with Crippen molar-refractivity contribution in [3.63, 3.8) is 0 Å². The highest BCUT2D eigenvalue weighted by molar-refractivity contribution is 5.79. The van der Waals surface area contributed by atoms with Crippen LogP contribution in [0.1, 0.15) is 0 Å². The van der Waals surface area contributed by atoms with Gasteiger partial charge in [0.1, 0.15) is 0 Å². The van der Waals surface area contributed by atoms with E-state index in [-0.39, 0.29) is 5.96 Å². The van der Waals surface area contributed by atoms with Crippen molar-refractivity contribution < 1.29 is 0 Å². The number of hydrogen-bond donors (Lipinski definition) is 3. The largest absolute Gasteiger partial charge is 0.399 e. The average molecular weight is 310 g/mol. The second kappa shape index (κ2) is 6.48. The van der Waals surface area contributed by atoms with Gasteiger partial charge in [0, 0.05) is 43.2 Å². The number of benzene rings is 2. The molecule has 2 aromatic carbocycles. The summed E-state index contributed by atoms with van der Waals surface area (Å²) in [5.41, 5.74) is 20.5. The normalized spacial score (nSPS) is 14.6. The molecule has 1 aliphatic heterocycles. The lowest BCUT2D eigenvalue weighted by molar-refractivity contribution is 0.653. The molecule has 0 unspecified atom stereocenters. The van der Waals surface area contributed by atoms with Crippen LogP contribution in [0, 0.1) is 0 Å². The Kier molecular flexibility index (Phi) is 4.23. The minimum absolute atomic E-state index is 0.0786. The van der Waals surface area contributed by atoms with Crippen molar-refractivity contribution in [3.05, 3.63) is 48.5 Å². The van der Waals surface area contributed by atoms with E-state index in [4.69, 9.17) is 17.2 Å². The summed E-state index contributed by atoms with van der Waals surface area (Å²) in [5.74, 6) is 0.0786. The number of piperazine rings is 1. The van der Waals surface area contributed by atoms with Crippen LogP contribution in [0.25, 0.3) is 0 Å². The number of guanidine groups is 1. The van der Waals surface area contributed by atoms with Gasteiger partial charge in [-0.2, -0.15) is 0 Å². The van der Waals surface area contributed by atoms with Crippen LogP contribution in [0.2, 0.25) is 0 Å². The first kappa shape index (κ1) is 15.0. The number of anilines is 3. The molecule has 6 N–H and O–H groups in total. The zero-order valence-corrected chi connectivity index (χ0v) is 13.0. The zero-order valence-electron chi connectivity index (χ0n) is 13.0. The minimum atomic E-state index is 0.0786. The molecule has 0 aliphatic carbocycles. The first-order valence-electron chi connectivity index (χ1n) is 7.67. The Labute approximate surface area is 136 Å². The van der Waals surface area contributed by atoms with E-state index in [2.05, 4.69) is 39.1 Å². The second-order valence-electron chi connectivity index (χ2n) is 5.62. The lowest BCUT2D eigenvalue weighted by Gasteiger charge is -2.37. The minimum Gasteiger partial charge on any atom is -0.399 e. The highest BCUT2D eigenvalue weighted by atomic mass is 15.3. The molecule has 0 saturated carbocycles. The van der Waals surface area contributed by atoms with Gasteiger partial charge in [-0.25, -0.2) is 4.99 Å². The van der Waals surface area contributed by atoms with Crippen molar-refractivity contribution in [2.24, 2.45) is 16.5 Å². The van der Waals surface area contributed by atoms with Crippen molar-refractivity contribution in [2.45, 2.75) is 0 Å². The van der Waals surface area contributed by atoms with Crippen molar-refractivity contribution in [1.29, 1.82) is 0 Å². The molecule has 1 fully saturated rings. The predicted molar refractivity (Wildman–Crippen MR) is 97.2 cm³/mol. The standard InChI is InChI=1S/C17H22N6/c18-13-1-5-15(6-2-13)22-9-11-23(12-10-22)16-7-3-14(4-8-16)21-17(19)20/h1-8H,9-12,18H2,(H4,19,20,21). The Bertz CT molecular complexity index is 665. The fourth-order valence-electron chi connectivity index (χ4n) is 2.80. The first-order chi connectivity index (χ1) is 11.1. The molecule has 3 rings (SSSR count). The maximum atomic E-state index is 5.74. The molecule has 0 amide bonds. The Morgan fingerprint density at radius 2 is 1.17 bits per heavy atom. The molecular weight excluding hydrogens is 288 g/mol. The number of nitrogen functional groups attached to an aromatic ring is 1. The van der Waals surface area contributed by atoms with Crippen molar-refractivity contribution >= 4 is 28.7 Å². The molecule has 120 valence electrons. The molecule has 0 atom stereocenters. The van der Waals surface area contributed by atoms with Crippen molar-refractivity contribution in [3.8, 4) is 0 Å². The summed E-state index contributed by atoms with van der Waals surface area (Å²) >= 11 is 0. The lowest BCUT2D eigenvalue weighted by atomic mass is 10.2. The molecular formula is C17H22N6. The smallest absolute Gasteiger partial charge is 0.191 e. The number of aliphatic imine (C=N–C) groups is 1. The summed E-state index contributed by atoms with van der Waals surface area (Å²) in [4.78, 5) is 8.79. The van der Waals surface area contributed by atoms with Gasteiger partial charge in [0.05, 0.1) is 5.69 Å². The summed E-state index contributed by atoms with van der Waals surface area (Å²) < 4.78 is 0. The van der Waals surface area contributed by atoms with Crippen LogP contribution in [-0.4, -0.2) is 32.1 Å². The van der Waals surface area contributed by atoms with E-state index < -0.39 is 0 Å². The monoisotopic (exact) mass is 310 g/mol. The van der Waals surface area contributed by atoms with Crippen LogP contribution in [-0.2, 0) is 0 Å². The van der Waals surface area contributed by atoms with Gasteiger partial charge in [0.25, 0.3) is 0 Å². The van der Waals surface area contributed by atoms with Gasteiger partial charge >= 0.3 is 0 Å². The first-order valence-corrected chi connectivity index (χ1v) is 7.67. The lowest BCUT2D eigenvalue weighted by Crippen LogP contribution is -2.46. The van der Waals surface area contributed by atoms with Gasteiger partial charge in [0.2, 0.25) is 0 Å². The van der Waals surface area contributed by atoms with Gasteiger partial charge in [0.15, 0.2) is 5.96 Å². The number of nitrogens with two attached hydrogens (primary N) is 3. The van der Waals surface area contributed by atoms with Crippen LogP contribution < -0.4 is 27.0 Å². The summed E-state index contributed by atoms with van der Waals surface area (Å²) in [7, 11) is 0. The molecule has 0 aromatic heterocycles. The van der Waals surface area contributed by atoms with E-state index in [1.54, 1.807) is 0 Å². The molecule has 2 aromatic rings. The molecule has 1 heterocycles. The molecule has 1 saturated heterocycles. The maximum absolute atomic E-state index is 5.74. The zero-order chi connectivity index (χ0) is 16.2. The quantitative estimate of drug-likeness (QED) is 0.453. The van der Waals surface area contributed by atoms with E-state index in [1.807, 2.05) is 24.3 Å². The van der Waals surface area contributed by atoms with Crippen molar-refractivity contribution in [1.82, 2.24) is 0 Å². The fraction of sp³-hybridized carbons (Fsp3) is 0.235. The van der Waals surface area contributed by atoms with Gasteiger partial charge in [-0.05, 0) is 48.5 Å². The van der Waals surface area contributed by atoms with Crippen LogP contribution in [0.4, 0.5) is 22.7 Å². The Morgan fingerprint density at radius 3 is 1.61 bits per heavy atom. The highest BCUT2D eigenvalue weighted by Crippen LogP contribution is 2.23. The second-order valence-corrected chi connectivity index (χ2v) is 5.62. The molecule has 0 spiro atoms. The summed E-state index contributed by atoms with van der Waals surface area (Å²) in [5, 5.41) is 0. The molecule has 0 bridgehead atoms. The third-order valence-electron chi connectivity index (χ3n) is 4.01. The maximum Gasteiger partial charge on any atom is 0.191 e. The van der Waals surface area contributed by atoms with E-state index in [9.17, 15) is 0 Å². The molecule has 6 nitrogen and oxygen atoms in total. The highest BCUT2D eigenvalue weighted by Gasteiger charge is 2.17. The molecule has 6 heteroatoms. The van der Waals surface area contributed by atoms with E-state index in [1.165, 1.54) is 11.4 Å². The SMILES string of the molecule is NC(N)=Nc1ccc(N2CCN(c3ccc(N)cc3)CC2)cc1. The predicted octanol–water partition coefficient (Wildman–Crippen LogP) is 1.50. The number of hydrogen-bond acceptors (Lipinski definition) is 4. The van der Waals surface area contributed by atoms with Gasteiger partial charge in [-0.1, -0.05) is 0 Å². The van der Waals surface area contributed by atoms with E-state index >= 15 is 0 Å². The fourth-order valence-corrected chi connectivity index (χ4v) is 2.80. The van der Waals surface area contributed by atoms with Crippen LogP contribution in [0.3, 0.4) is 0 Å². The third-order valence-corrected chi connectivity index (χ3v) is 4.01. The molecule has 23 heavy (non-hydrogen) atoms.